The number of amides is 1. The smallest absolute Gasteiger partial charge is 0.392 e. The Balaban J connectivity index is 1.94. The molecule has 186 valence electrons. The van der Waals surface area contributed by atoms with Crippen LogP contribution in [-0.4, -0.2) is 33.6 Å². The van der Waals surface area contributed by atoms with Crippen molar-refractivity contribution in [2.45, 2.75) is 32.9 Å². The number of nitrogens with one attached hydrogen (secondary N) is 1. The lowest BCUT2D eigenvalue weighted by Crippen LogP contribution is -2.33. The highest BCUT2D eigenvalue weighted by molar-refractivity contribution is 6.34. The molecule has 3 N–H and O–H groups in total. The number of carbonyl (C=O) groups excluding carboxylic acids is 1. The second-order valence-electron chi connectivity index (χ2n) is 8.40. The second-order valence-corrected chi connectivity index (χ2v) is 8.78. The number of carbonyl (C=O) groups is 1. The summed E-state index contributed by atoms with van der Waals surface area (Å²) in [5.41, 5.74) is 4.59. The Morgan fingerprint density at radius 1 is 1.20 bits per heavy atom. The summed E-state index contributed by atoms with van der Waals surface area (Å²) in [6, 6.07) is 6.50. The first-order valence-electron chi connectivity index (χ1n) is 10.3. The molecule has 3 aromatic rings. The molecule has 0 saturated carbocycles. The van der Waals surface area contributed by atoms with Gasteiger partial charge in [-0.1, -0.05) is 31.5 Å². The number of ether oxygens (including phenoxy) is 1. The minimum atomic E-state index is -4.35. The molecule has 0 aliphatic carbocycles. The Hall–Kier alpha value is -3.47. The Kier molecular flexibility index (Phi) is 7.49. The maximum Gasteiger partial charge on any atom is 0.392 e. The Bertz CT molecular complexity index is 1290. The summed E-state index contributed by atoms with van der Waals surface area (Å²) in [4.78, 5) is 34.7. The van der Waals surface area contributed by atoms with Gasteiger partial charge in [-0.2, -0.15) is 13.2 Å². The molecule has 35 heavy (non-hydrogen) atoms. The number of hydrogen-bond acceptors (Lipinski definition) is 5. The van der Waals surface area contributed by atoms with Crippen LogP contribution in [0.5, 0.6) is 5.88 Å². The van der Waals surface area contributed by atoms with Gasteiger partial charge in [-0.05, 0) is 24.1 Å². The minimum Gasteiger partial charge on any atom is -0.477 e. The maximum absolute atomic E-state index is 14.8. The fraction of sp³-hybridized carbons (Fsp3) is 0.304. The summed E-state index contributed by atoms with van der Waals surface area (Å²) >= 11 is 6.45. The van der Waals surface area contributed by atoms with E-state index in [1.807, 2.05) is 0 Å². The molecular formula is C23H21ClF4N4O3. The molecule has 0 fully saturated rings. The fourth-order valence-electron chi connectivity index (χ4n) is 3.12. The summed E-state index contributed by atoms with van der Waals surface area (Å²) < 4.78 is 56.5. The van der Waals surface area contributed by atoms with Gasteiger partial charge in [-0.15, -0.1) is 0 Å². The van der Waals surface area contributed by atoms with E-state index < -0.39 is 41.9 Å². The van der Waals surface area contributed by atoms with Crippen molar-refractivity contribution in [3.8, 4) is 28.5 Å². The van der Waals surface area contributed by atoms with Gasteiger partial charge in [0.1, 0.15) is 11.6 Å². The molecule has 0 saturated heterocycles. The summed E-state index contributed by atoms with van der Waals surface area (Å²) in [6.45, 7) is 2.65. The van der Waals surface area contributed by atoms with Crippen molar-refractivity contribution in [3.05, 3.63) is 63.3 Å². The number of rotatable bonds is 8. The van der Waals surface area contributed by atoms with Crippen molar-refractivity contribution >= 4 is 17.5 Å². The number of nitrogens with two attached hydrogens (primary N) is 1. The monoisotopic (exact) mass is 512 g/mol. The van der Waals surface area contributed by atoms with Gasteiger partial charge in [0.15, 0.2) is 0 Å². The second kappa shape index (κ2) is 10.0. The predicted octanol–water partition coefficient (Wildman–Crippen LogP) is 4.68. The van der Waals surface area contributed by atoms with E-state index in [1.165, 1.54) is 24.4 Å². The van der Waals surface area contributed by atoms with Crippen LogP contribution in [0.4, 0.5) is 17.6 Å². The standard InChI is InChI=1S/C23H21ClF4N4O3/c1-22(2,21(29)34)10-12-3-5-14(25)18(19(12)24)20-31-15(9-16(33)32-20)13-4-6-17(30-11-13)35-8-7-23(26,27)28/h3-6,9,11H,7-8,10H2,1-2H3,(H2,29,34)(H,31,32,33). The third kappa shape index (κ3) is 6.56. The van der Waals surface area contributed by atoms with Crippen LogP contribution in [0.1, 0.15) is 25.8 Å². The largest absolute Gasteiger partial charge is 0.477 e. The first-order chi connectivity index (χ1) is 16.3. The van der Waals surface area contributed by atoms with Crippen LogP contribution in [0.25, 0.3) is 22.6 Å². The van der Waals surface area contributed by atoms with Crippen LogP contribution in [0.15, 0.2) is 41.3 Å². The zero-order valence-electron chi connectivity index (χ0n) is 18.7. The van der Waals surface area contributed by atoms with E-state index >= 15 is 0 Å². The number of nitrogens with zero attached hydrogens (tertiary/aromatic N) is 2. The Labute approximate surface area is 202 Å². The first-order valence-corrected chi connectivity index (χ1v) is 10.7. The molecule has 2 heterocycles. The van der Waals surface area contributed by atoms with Gasteiger partial charge in [0, 0.05) is 29.3 Å². The van der Waals surface area contributed by atoms with Crippen LogP contribution >= 0.6 is 11.6 Å². The van der Waals surface area contributed by atoms with Crippen LogP contribution in [0.2, 0.25) is 5.02 Å². The predicted molar refractivity (Wildman–Crippen MR) is 121 cm³/mol. The van der Waals surface area contributed by atoms with Crippen molar-refractivity contribution in [3.63, 3.8) is 0 Å². The topological polar surface area (TPSA) is 111 Å². The van der Waals surface area contributed by atoms with Crippen LogP contribution in [0.3, 0.4) is 0 Å². The number of halogens is 5. The van der Waals surface area contributed by atoms with Crippen molar-refractivity contribution in [1.82, 2.24) is 15.0 Å². The molecule has 0 aliphatic rings. The summed E-state index contributed by atoms with van der Waals surface area (Å²) in [7, 11) is 0. The molecule has 12 heteroatoms. The van der Waals surface area contributed by atoms with Gasteiger partial charge in [0.05, 0.1) is 29.3 Å². The van der Waals surface area contributed by atoms with E-state index in [9.17, 15) is 27.2 Å². The van der Waals surface area contributed by atoms with E-state index in [-0.39, 0.29) is 34.4 Å². The number of alkyl halides is 3. The average Bonchev–Trinajstić information content (AvgIpc) is 2.75. The van der Waals surface area contributed by atoms with E-state index in [0.717, 1.165) is 12.1 Å². The number of pyridine rings is 1. The number of aromatic nitrogens is 3. The molecular weight excluding hydrogens is 492 g/mol. The zero-order chi connectivity index (χ0) is 26.0. The number of hydrogen-bond donors (Lipinski definition) is 2. The Morgan fingerprint density at radius 3 is 2.51 bits per heavy atom. The quantitative estimate of drug-likeness (QED) is 0.426. The third-order valence-corrected chi connectivity index (χ3v) is 5.55. The lowest BCUT2D eigenvalue weighted by atomic mass is 9.84. The first kappa shape index (κ1) is 26.1. The summed E-state index contributed by atoms with van der Waals surface area (Å²) in [6.07, 6.45) is -4.09. The van der Waals surface area contributed by atoms with Gasteiger partial charge in [-0.25, -0.2) is 14.4 Å². The summed E-state index contributed by atoms with van der Waals surface area (Å²) in [5.74, 6) is -1.50. The maximum atomic E-state index is 14.8. The van der Waals surface area contributed by atoms with E-state index in [2.05, 4.69) is 15.0 Å². The number of H-pyrrole nitrogens is 1. The number of benzene rings is 1. The highest BCUT2D eigenvalue weighted by Gasteiger charge is 2.28. The van der Waals surface area contributed by atoms with Crippen LogP contribution in [-0.2, 0) is 11.2 Å². The van der Waals surface area contributed by atoms with Crippen molar-refractivity contribution in [1.29, 1.82) is 0 Å². The average molecular weight is 513 g/mol. The van der Waals surface area contributed by atoms with E-state index in [4.69, 9.17) is 22.1 Å². The SMILES string of the molecule is CC(C)(Cc1ccc(F)c(-c2nc(-c3ccc(OCCC(F)(F)F)nc3)cc(=O)[nH]2)c1Cl)C(N)=O. The molecule has 3 rings (SSSR count). The van der Waals surface area contributed by atoms with Gasteiger partial charge >= 0.3 is 6.18 Å². The van der Waals surface area contributed by atoms with Gasteiger partial charge in [-0.3, -0.25) is 9.59 Å². The Morgan fingerprint density at radius 2 is 1.91 bits per heavy atom. The molecule has 0 unspecified atom stereocenters. The van der Waals surface area contributed by atoms with Crippen molar-refractivity contribution in [2.75, 3.05) is 6.61 Å². The fourth-order valence-corrected chi connectivity index (χ4v) is 3.43. The normalized spacial score (nSPS) is 12.0. The zero-order valence-corrected chi connectivity index (χ0v) is 19.4. The lowest BCUT2D eigenvalue weighted by Gasteiger charge is -2.22. The molecule has 0 aliphatic heterocycles. The number of aromatic amines is 1. The van der Waals surface area contributed by atoms with Gasteiger partial charge in [0.25, 0.3) is 5.56 Å². The van der Waals surface area contributed by atoms with E-state index in [0.29, 0.717) is 11.1 Å². The van der Waals surface area contributed by atoms with Crippen molar-refractivity contribution < 1.29 is 27.1 Å². The molecule has 0 bridgehead atoms. The highest BCUT2D eigenvalue weighted by atomic mass is 35.5. The molecule has 7 nitrogen and oxygen atoms in total. The third-order valence-electron chi connectivity index (χ3n) is 5.12. The number of primary amides is 1. The minimum absolute atomic E-state index is 0.0360. The van der Waals surface area contributed by atoms with Gasteiger partial charge < -0.3 is 15.5 Å². The van der Waals surface area contributed by atoms with Gasteiger partial charge in [0.2, 0.25) is 11.8 Å². The lowest BCUT2D eigenvalue weighted by molar-refractivity contribution is -0.139. The molecule has 1 amide bonds. The highest BCUT2D eigenvalue weighted by Crippen LogP contribution is 2.35. The summed E-state index contributed by atoms with van der Waals surface area (Å²) in [5, 5.41) is -0.0360. The van der Waals surface area contributed by atoms with E-state index in [1.54, 1.807) is 13.8 Å². The molecule has 0 atom stereocenters. The van der Waals surface area contributed by atoms with Crippen molar-refractivity contribution in [2.24, 2.45) is 11.1 Å². The molecule has 2 aromatic heterocycles. The van der Waals surface area contributed by atoms with Crippen LogP contribution < -0.4 is 16.0 Å². The molecule has 0 radical (unpaired) electrons. The molecule has 1 aromatic carbocycles. The van der Waals surface area contributed by atoms with Crippen LogP contribution in [0, 0.1) is 11.2 Å². The molecule has 0 spiro atoms.